The van der Waals surface area contributed by atoms with Crippen LogP contribution in [-0.4, -0.2) is 11.1 Å². The van der Waals surface area contributed by atoms with Crippen LogP contribution in [0.25, 0.3) is 0 Å². The van der Waals surface area contributed by atoms with Gasteiger partial charge in [-0.05, 0) is 18.3 Å². The Labute approximate surface area is 120 Å². The average molecular weight is 270 g/mol. The van der Waals surface area contributed by atoms with Crippen LogP contribution in [0.3, 0.4) is 0 Å². The maximum atomic E-state index is 10.4. The van der Waals surface area contributed by atoms with E-state index in [1.165, 1.54) is 51.4 Å². The van der Waals surface area contributed by atoms with Gasteiger partial charge in [0.05, 0.1) is 0 Å². The second-order valence-electron chi connectivity index (χ2n) is 5.99. The fourth-order valence-electron chi connectivity index (χ4n) is 2.88. The van der Waals surface area contributed by atoms with Gasteiger partial charge < -0.3 is 5.11 Å². The third kappa shape index (κ3) is 11.0. The number of carboxylic acids is 1. The quantitative estimate of drug-likeness (QED) is 0.439. The summed E-state index contributed by atoms with van der Waals surface area (Å²) in [6.07, 6.45) is 12.8. The van der Waals surface area contributed by atoms with Crippen LogP contribution in [0.15, 0.2) is 0 Å². The number of hydrogen-bond donors (Lipinski definition) is 1. The van der Waals surface area contributed by atoms with Crippen LogP contribution in [0.1, 0.15) is 91.4 Å². The molecule has 0 aliphatic carbocycles. The van der Waals surface area contributed by atoms with Gasteiger partial charge in [0, 0.05) is 6.42 Å². The Morgan fingerprint density at radius 3 is 2.16 bits per heavy atom. The van der Waals surface area contributed by atoms with Gasteiger partial charge in [0.2, 0.25) is 0 Å². The topological polar surface area (TPSA) is 37.3 Å². The van der Waals surface area contributed by atoms with Gasteiger partial charge in [0.25, 0.3) is 0 Å². The first-order valence-corrected chi connectivity index (χ1v) is 8.33. The summed E-state index contributed by atoms with van der Waals surface area (Å²) in [7, 11) is 0. The van der Waals surface area contributed by atoms with E-state index in [4.69, 9.17) is 5.11 Å². The lowest BCUT2D eigenvalue weighted by molar-refractivity contribution is -0.137. The monoisotopic (exact) mass is 270 g/mol. The molecule has 0 aromatic heterocycles. The highest BCUT2D eigenvalue weighted by Crippen LogP contribution is 2.26. The standard InChI is InChI=1S/C17H34O2/c1-4-6-9-13-16(5-2)15(3)12-10-7-8-11-14-17(18)19/h15-16H,4-14H2,1-3H3,(H,18,19). The Bertz CT molecular complexity index is 213. The molecule has 0 aliphatic rings. The molecule has 0 aromatic rings. The van der Waals surface area contributed by atoms with E-state index in [9.17, 15) is 4.79 Å². The fraction of sp³-hybridized carbons (Fsp3) is 0.941. The summed E-state index contributed by atoms with van der Waals surface area (Å²) in [6, 6.07) is 0. The van der Waals surface area contributed by atoms with Gasteiger partial charge in [-0.25, -0.2) is 0 Å². The molecule has 114 valence electrons. The summed E-state index contributed by atoms with van der Waals surface area (Å²) in [5.74, 6) is 1.07. The molecule has 0 saturated carbocycles. The number of aliphatic carboxylic acids is 1. The smallest absolute Gasteiger partial charge is 0.303 e. The van der Waals surface area contributed by atoms with Crippen molar-refractivity contribution in [2.75, 3.05) is 0 Å². The van der Waals surface area contributed by atoms with E-state index in [2.05, 4.69) is 20.8 Å². The molecule has 0 heterocycles. The van der Waals surface area contributed by atoms with Crippen molar-refractivity contribution in [3.63, 3.8) is 0 Å². The first-order chi connectivity index (χ1) is 9.11. The van der Waals surface area contributed by atoms with Gasteiger partial charge in [-0.2, -0.15) is 0 Å². The van der Waals surface area contributed by atoms with Crippen LogP contribution in [0.2, 0.25) is 0 Å². The summed E-state index contributed by atoms with van der Waals surface area (Å²) in [4.78, 5) is 10.4. The third-order valence-corrected chi connectivity index (χ3v) is 4.31. The van der Waals surface area contributed by atoms with E-state index in [0.717, 1.165) is 24.7 Å². The lowest BCUT2D eigenvalue weighted by atomic mass is 9.83. The summed E-state index contributed by atoms with van der Waals surface area (Å²) in [6.45, 7) is 6.98. The van der Waals surface area contributed by atoms with Crippen LogP contribution in [0.5, 0.6) is 0 Å². The third-order valence-electron chi connectivity index (χ3n) is 4.31. The van der Waals surface area contributed by atoms with E-state index in [-0.39, 0.29) is 0 Å². The van der Waals surface area contributed by atoms with Crippen LogP contribution < -0.4 is 0 Å². The largest absolute Gasteiger partial charge is 0.481 e. The van der Waals surface area contributed by atoms with Crippen molar-refractivity contribution in [2.24, 2.45) is 11.8 Å². The second-order valence-corrected chi connectivity index (χ2v) is 5.99. The van der Waals surface area contributed by atoms with Crippen molar-refractivity contribution in [2.45, 2.75) is 91.4 Å². The molecule has 19 heavy (non-hydrogen) atoms. The fourth-order valence-corrected chi connectivity index (χ4v) is 2.88. The molecule has 2 heteroatoms. The predicted octanol–water partition coefficient (Wildman–Crippen LogP) is 5.65. The molecule has 0 saturated heterocycles. The second kappa shape index (κ2) is 12.5. The highest BCUT2D eigenvalue weighted by Gasteiger charge is 2.14. The minimum Gasteiger partial charge on any atom is -0.481 e. The molecule has 2 atom stereocenters. The van der Waals surface area contributed by atoms with Gasteiger partial charge in [-0.15, -0.1) is 0 Å². The van der Waals surface area contributed by atoms with Crippen LogP contribution in [0.4, 0.5) is 0 Å². The highest BCUT2D eigenvalue weighted by atomic mass is 16.4. The van der Waals surface area contributed by atoms with Crippen LogP contribution in [0, 0.1) is 11.8 Å². The van der Waals surface area contributed by atoms with E-state index >= 15 is 0 Å². The maximum absolute atomic E-state index is 10.4. The first kappa shape index (κ1) is 18.5. The summed E-state index contributed by atoms with van der Waals surface area (Å²) >= 11 is 0. The average Bonchev–Trinajstić information content (AvgIpc) is 2.38. The Balaban J connectivity index is 3.58. The van der Waals surface area contributed by atoms with E-state index in [0.29, 0.717) is 6.42 Å². The molecule has 2 nitrogen and oxygen atoms in total. The Morgan fingerprint density at radius 2 is 1.58 bits per heavy atom. The van der Waals surface area contributed by atoms with Crippen molar-refractivity contribution in [1.29, 1.82) is 0 Å². The van der Waals surface area contributed by atoms with Crippen molar-refractivity contribution in [3.05, 3.63) is 0 Å². The SMILES string of the molecule is CCCCCC(CC)C(C)CCCCCCC(=O)O. The van der Waals surface area contributed by atoms with Gasteiger partial charge in [-0.3, -0.25) is 4.79 Å². The zero-order valence-corrected chi connectivity index (χ0v) is 13.3. The molecule has 0 aromatic carbocycles. The molecule has 2 unspecified atom stereocenters. The molecule has 1 N–H and O–H groups in total. The first-order valence-electron chi connectivity index (χ1n) is 8.33. The predicted molar refractivity (Wildman–Crippen MR) is 82.4 cm³/mol. The van der Waals surface area contributed by atoms with Crippen molar-refractivity contribution in [1.82, 2.24) is 0 Å². The van der Waals surface area contributed by atoms with Gasteiger partial charge in [0.15, 0.2) is 0 Å². The number of unbranched alkanes of at least 4 members (excludes halogenated alkanes) is 5. The zero-order chi connectivity index (χ0) is 14.5. The summed E-state index contributed by atoms with van der Waals surface area (Å²) in [5.41, 5.74) is 0. The molecule has 0 spiro atoms. The van der Waals surface area contributed by atoms with Crippen LogP contribution >= 0.6 is 0 Å². The molecule has 0 amide bonds. The minimum atomic E-state index is -0.657. The van der Waals surface area contributed by atoms with E-state index in [1.54, 1.807) is 0 Å². The summed E-state index contributed by atoms with van der Waals surface area (Å²) < 4.78 is 0. The summed E-state index contributed by atoms with van der Waals surface area (Å²) in [5, 5.41) is 8.57. The zero-order valence-electron chi connectivity index (χ0n) is 13.3. The molecule has 0 rings (SSSR count). The molecule has 0 bridgehead atoms. The Kier molecular flexibility index (Phi) is 12.2. The van der Waals surface area contributed by atoms with Crippen molar-refractivity contribution < 1.29 is 9.90 Å². The molecular weight excluding hydrogens is 236 g/mol. The van der Waals surface area contributed by atoms with E-state index in [1.807, 2.05) is 0 Å². The lowest BCUT2D eigenvalue weighted by Crippen LogP contribution is -2.11. The highest BCUT2D eigenvalue weighted by molar-refractivity contribution is 5.66. The van der Waals surface area contributed by atoms with Crippen molar-refractivity contribution in [3.8, 4) is 0 Å². The molecule has 0 radical (unpaired) electrons. The number of hydrogen-bond acceptors (Lipinski definition) is 1. The van der Waals surface area contributed by atoms with Crippen LogP contribution in [-0.2, 0) is 4.79 Å². The number of carboxylic acid groups (broad SMARTS) is 1. The minimum absolute atomic E-state index is 0.337. The normalized spacial score (nSPS) is 14.3. The molecular formula is C17H34O2. The van der Waals surface area contributed by atoms with E-state index < -0.39 is 5.97 Å². The molecule has 0 aliphatic heterocycles. The molecule has 0 fully saturated rings. The Morgan fingerprint density at radius 1 is 0.947 bits per heavy atom. The van der Waals surface area contributed by atoms with Crippen molar-refractivity contribution >= 4 is 5.97 Å². The van der Waals surface area contributed by atoms with Gasteiger partial charge in [0.1, 0.15) is 0 Å². The van der Waals surface area contributed by atoms with Gasteiger partial charge >= 0.3 is 5.97 Å². The number of rotatable bonds is 13. The van der Waals surface area contributed by atoms with Gasteiger partial charge in [-0.1, -0.05) is 78.6 Å². The number of carbonyl (C=O) groups is 1. The maximum Gasteiger partial charge on any atom is 0.303 e. The Hall–Kier alpha value is -0.530. The lowest BCUT2D eigenvalue weighted by Gasteiger charge is -2.22.